The number of rotatable bonds is 7. The number of benzene rings is 2. The van der Waals surface area contributed by atoms with Gasteiger partial charge in [-0.05, 0) is 17.7 Å². The van der Waals surface area contributed by atoms with Gasteiger partial charge in [0.2, 0.25) is 0 Å². The van der Waals surface area contributed by atoms with Crippen LogP contribution in [0.1, 0.15) is 23.6 Å². The summed E-state index contributed by atoms with van der Waals surface area (Å²) in [7, 11) is 0. The number of thiazole rings is 1. The third-order valence-corrected chi connectivity index (χ3v) is 5.58. The Hall–Kier alpha value is -2.21. The van der Waals surface area contributed by atoms with Gasteiger partial charge in [-0.15, -0.1) is 11.3 Å². The minimum Gasteiger partial charge on any atom is -0.481 e. The van der Waals surface area contributed by atoms with Gasteiger partial charge < -0.3 is 5.11 Å². The largest absolute Gasteiger partial charge is 0.481 e. The van der Waals surface area contributed by atoms with E-state index in [-0.39, 0.29) is 18.6 Å². The fourth-order valence-electron chi connectivity index (χ4n) is 2.74. The third-order valence-electron chi connectivity index (χ3n) is 4.04. The number of Topliss-reactive ketones (excluding diaryl/α,β-unsaturated/α-hetero) is 1. The lowest BCUT2D eigenvalue weighted by molar-refractivity contribution is -0.140. The molecule has 0 aliphatic heterocycles. The Labute approximate surface area is 170 Å². The first-order chi connectivity index (χ1) is 13.0. The van der Waals surface area contributed by atoms with E-state index >= 15 is 0 Å². The van der Waals surface area contributed by atoms with Gasteiger partial charge in [0.25, 0.3) is 0 Å². The first-order valence-electron chi connectivity index (χ1n) is 8.14. The number of carbonyl (C=O) groups is 2. The van der Waals surface area contributed by atoms with Gasteiger partial charge >= 0.3 is 5.97 Å². The topological polar surface area (TPSA) is 67.3 Å². The highest BCUT2D eigenvalue weighted by molar-refractivity contribution is 7.13. The maximum Gasteiger partial charge on any atom is 0.311 e. The van der Waals surface area contributed by atoms with Crippen molar-refractivity contribution < 1.29 is 14.7 Å². The first-order valence-corrected chi connectivity index (χ1v) is 9.77. The van der Waals surface area contributed by atoms with Crippen LogP contribution in [0.25, 0.3) is 10.6 Å². The van der Waals surface area contributed by atoms with Crippen LogP contribution >= 0.6 is 34.5 Å². The Morgan fingerprint density at radius 3 is 2.33 bits per heavy atom. The summed E-state index contributed by atoms with van der Waals surface area (Å²) in [5.41, 5.74) is 1.82. The standard InChI is InChI=1S/C20H15Cl2NO3S/c21-16-7-4-8-17(22)18(16)19-23-13(11-27-19)9-14(24)10-15(20(25)26)12-5-2-1-3-6-12/h1-8,11,15H,9-10H2,(H,25,26)/t15-/m0/s1. The fourth-order valence-corrected chi connectivity index (χ4v) is 4.32. The molecular formula is C20H15Cl2NO3S. The molecule has 0 aliphatic rings. The summed E-state index contributed by atoms with van der Waals surface area (Å²) >= 11 is 13.7. The molecule has 27 heavy (non-hydrogen) atoms. The van der Waals surface area contributed by atoms with Crippen molar-refractivity contribution in [2.45, 2.75) is 18.8 Å². The maximum atomic E-state index is 12.4. The van der Waals surface area contributed by atoms with Crippen LogP contribution < -0.4 is 0 Å². The second-order valence-electron chi connectivity index (χ2n) is 5.96. The Bertz CT molecular complexity index is 952. The van der Waals surface area contributed by atoms with Crippen molar-refractivity contribution >= 4 is 46.3 Å². The van der Waals surface area contributed by atoms with Gasteiger partial charge in [0.1, 0.15) is 10.8 Å². The molecule has 1 heterocycles. The molecule has 7 heteroatoms. The molecule has 0 fully saturated rings. The molecule has 0 amide bonds. The van der Waals surface area contributed by atoms with Crippen LogP contribution in [0.15, 0.2) is 53.9 Å². The van der Waals surface area contributed by atoms with Crippen molar-refractivity contribution in [3.05, 3.63) is 75.2 Å². The predicted octanol–water partition coefficient (Wildman–Crippen LogP) is 5.49. The molecule has 4 nitrogen and oxygen atoms in total. The number of hydrogen-bond acceptors (Lipinski definition) is 4. The molecule has 3 rings (SSSR count). The number of carbonyl (C=O) groups excluding carboxylic acids is 1. The lowest BCUT2D eigenvalue weighted by Gasteiger charge is -2.11. The number of hydrogen-bond donors (Lipinski definition) is 1. The lowest BCUT2D eigenvalue weighted by Crippen LogP contribution is -2.17. The zero-order valence-electron chi connectivity index (χ0n) is 14.1. The van der Waals surface area contributed by atoms with Crippen molar-refractivity contribution in [3.8, 4) is 10.6 Å². The van der Waals surface area contributed by atoms with Gasteiger partial charge in [-0.25, -0.2) is 4.98 Å². The highest BCUT2D eigenvalue weighted by atomic mass is 35.5. The molecule has 0 bridgehead atoms. The number of aliphatic carboxylic acids is 1. The van der Waals surface area contributed by atoms with Crippen molar-refractivity contribution in [1.29, 1.82) is 0 Å². The Morgan fingerprint density at radius 2 is 1.70 bits per heavy atom. The molecule has 2 aromatic carbocycles. The van der Waals surface area contributed by atoms with E-state index in [0.717, 1.165) is 0 Å². The van der Waals surface area contributed by atoms with Crippen LogP contribution in [-0.2, 0) is 16.0 Å². The van der Waals surface area contributed by atoms with E-state index in [1.807, 2.05) is 0 Å². The van der Waals surface area contributed by atoms with E-state index in [1.165, 1.54) is 11.3 Å². The maximum absolute atomic E-state index is 12.4. The number of nitrogens with zero attached hydrogens (tertiary/aromatic N) is 1. The average molecular weight is 420 g/mol. The van der Waals surface area contributed by atoms with Crippen LogP contribution in [0.4, 0.5) is 0 Å². The minimum absolute atomic E-state index is 0.0647. The summed E-state index contributed by atoms with van der Waals surface area (Å²) in [6.07, 6.45) is -0.0196. The first kappa shape index (κ1) is 19.5. The molecule has 0 aliphatic carbocycles. The van der Waals surface area contributed by atoms with Crippen molar-refractivity contribution in [1.82, 2.24) is 4.98 Å². The molecule has 0 spiro atoms. The lowest BCUT2D eigenvalue weighted by atomic mass is 9.93. The SMILES string of the molecule is O=C(Cc1csc(-c2c(Cl)cccc2Cl)n1)C[C@H](C(=O)O)c1ccccc1. The zero-order chi connectivity index (χ0) is 19.4. The van der Waals surface area contributed by atoms with Crippen LogP contribution in [0.5, 0.6) is 0 Å². The zero-order valence-corrected chi connectivity index (χ0v) is 16.4. The second-order valence-corrected chi connectivity index (χ2v) is 7.63. The molecule has 0 saturated carbocycles. The van der Waals surface area contributed by atoms with Crippen LogP contribution in [0, 0.1) is 0 Å². The smallest absolute Gasteiger partial charge is 0.311 e. The van der Waals surface area contributed by atoms with Crippen LogP contribution in [0.2, 0.25) is 10.0 Å². The van der Waals surface area contributed by atoms with E-state index in [0.29, 0.717) is 31.9 Å². The number of ketones is 1. The monoisotopic (exact) mass is 419 g/mol. The Morgan fingerprint density at radius 1 is 1.04 bits per heavy atom. The Kier molecular flexibility index (Phi) is 6.26. The highest BCUT2D eigenvalue weighted by Gasteiger charge is 2.23. The van der Waals surface area contributed by atoms with E-state index in [4.69, 9.17) is 23.2 Å². The fraction of sp³-hybridized carbons (Fsp3) is 0.150. The summed E-state index contributed by atoms with van der Waals surface area (Å²) in [4.78, 5) is 28.4. The molecule has 1 aromatic heterocycles. The van der Waals surface area contributed by atoms with Gasteiger partial charge in [-0.2, -0.15) is 0 Å². The molecule has 0 radical (unpaired) electrons. The van der Waals surface area contributed by atoms with Gasteiger partial charge in [0.05, 0.1) is 21.7 Å². The van der Waals surface area contributed by atoms with Crippen LogP contribution in [-0.4, -0.2) is 21.8 Å². The second kappa shape index (κ2) is 8.65. The third kappa shape index (κ3) is 4.75. The summed E-state index contributed by atoms with van der Waals surface area (Å²) < 4.78 is 0. The van der Waals surface area contributed by atoms with E-state index in [2.05, 4.69) is 4.98 Å². The molecule has 138 valence electrons. The minimum atomic E-state index is -1.02. The molecule has 3 aromatic rings. The molecule has 0 saturated heterocycles. The van der Waals surface area contributed by atoms with Gasteiger partial charge in [-0.1, -0.05) is 59.6 Å². The highest BCUT2D eigenvalue weighted by Crippen LogP contribution is 2.36. The molecule has 0 unspecified atom stereocenters. The average Bonchev–Trinajstić information content (AvgIpc) is 3.08. The van der Waals surface area contributed by atoms with Gasteiger partial charge in [-0.3, -0.25) is 9.59 Å². The summed E-state index contributed by atoms with van der Waals surface area (Å²) in [6, 6.07) is 14.0. The summed E-state index contributed by atoms with van der Waals surface area (Å²) in [6.45, 7) is 0. The number of carboxylic acid groups (broad SMARTS) is 1. The van der Waals surface area contributed by atoms with Crippen LogP contribution in [0.3, 0.4) is 0 Å². The number of halogens is 2. The number of carboxylic acids is 1. The summed E-state index contributed by atoms with van der Waals surface area (Å²) in [5.74, 6) is -2.07. The van der Waals surface area contributed by atoms with Crippen molar-refractivity contribution in [2.24, 2.45) is 0 Å². The van der Waals surface area contributed by atoms with E-state index in [1.54, 1.807) is 53.9 Å². The summed E-state index contributed by atoms with van der Waals surface area (Å²) in [5, 5.41) is 12.8. The predicted molar refractivity (Wildman–Crippen MR) is 108 cm³/mol. The van der Waals surface area contributed by atoms with E-state index in [9.17, 15) is 14.7 Å². The Balaban J connectivity index is 1.73. The van der Waals surface area contributed by atoms with Crippen molar-refractivity contribution in [3.63, 3.8) is 0 Å². The quantitative estimate of drug-likeness (QED) is 0.549. The molecule has 1 N–H and O–H groups in total. The van der Waals surface area contributed by atoms with Gasteiger partial charge in [0.15, 0.2) is 0 Å². The van der Waals surface area contributed by atoms with Gasteiger partial charge in [0, 0.05) is 23.8 Å². The molecular weight excluding hydrogens is 405 g/mol. The normalized spacial score (nSPS) is 11.9. The van der Waals surface area contributed by atoms with E-state index < -0.39 is 11.9 Å². The number of aromatic nitrogens is 1. The molecule has 1 atom stereocenters. The van der Waals surface area contributed by atoms with Crippen molar-refractivity contribution in [2.75, 3.05) is 0 Å².